The molecule has 4 nitrogen and oxygen atoms in total. The van der Waals surface area contributed by atoms with Crippen molar-refractivity contribution in [3.63, 3.8) is 0 Å². The molecular weight excluding hydrogens is 324 g/mol. The predicted octanol–water partition coefficient (Wildman–Crippen LogP) is 3.64. The maximum absolute atomic E-state index is 12.7. The number of aryl methyl sites for hydroxylation is 2. The lowest BCUT2D eigenvalue weighted by Gasteiger charge is -2.16. The maximum atomic E-state index is 12.7. The SMILES string of the molecule is C=CCCCC(=O)CC[C@@]12CC(C(=O)Cc3nc(C)ccc3C)N[C@@H]1C2. The minimum absolute atomic E-state index is 0.0775. The Hall–Kier alpha value is -1.81. The van der Waals surface area contributed by atoms with Gasteiger partial charge in [-0.3, -0.25) is 14.6 Å². The Labute approximate surface area is 156 Å². The molecule has 2 aliphatic rings. The van der Waals surface area contributed by atoms with Gasteiger partial charge in [0.25, 0.3) is 0 Å². The third-order valence-electron chi connectivity index (χ3n) is 6.04. The van der Waals surface area contributed by atoms with Gasteiger partial charge < -0.3 is 5.32 Å². The summed E-state index contributed by atoms with van der Waals surface area (Å²) in [4.78, 5) is 29.3. The number of carbonyl (C=O) groups excluding carboxylic acids is 2. The summed E-state index contributed by atoms with van der Waals surface area (Å²) in [5.41, 5.74) is 3.10. The van der Waals surface area contributed by atoms with Crippen molar-refractivity contribution in [2.24, 2.45) is 5.41 Å². The lowest BCUT2D eigenvalue weighted by Crippen LogP contribution is -2.35. The lowest BCUT2D eigenvalue weighted by molar-refractivity contribution is -0.120. The summed E-state index contributed by atoms with van der Waals surface area (Å²) < 4.78 is 0. The summed E-state index contributed by atoms with van der Waals surface area (Å²) in [7, 11) is 0. The quantitative estimate of drug-likeness (QED) is 0.515. The van der Waals surface area contributed by atoms with E-state index in [0.29, 0.717) is 31.1 Å². The van der Waals surface area contributed by atoms with E-state index in [4.69, 9.17) is 0 Å². The molecular formula is C22H30N2O2. The number of carbonyl (C=O) groups is 2. The number of piperidine rings is 1. The number of allylic oxidation sites excluding steroid dienone is 1. The number of nitrogens with one attached hydrogen (secondary N) is 1. The Morgan fingerprint density at radius 3 is 2.88 bits per heavy atom. The minimum Gasteiger partial charge on any atom is -0.304 e. The van der Waals surface area contributed by atoms with Gasteiger partial charge in [0.05, 0.1) is 18.2 Å². The Morgan fingerprint density at radius 1 is 1.31 bits per heavy atom. The Bertz CT molecular complexity index is 712. The third kappa shape index (κ3) is 4.29. The van der Waals surface area contributed by atoms with Gasteiger partial charge in [0.2, 0.25) is 0 Å². The first-order valence-corrected chi connectivity index (χ1v) is 9.78. The van der Waals surface area contributed by atoms with Crippen molar-refractivity contribution in [1.29, 1.82) is 0 Å². The first-order valence-electron chi connectivity index (χ1n) is 9.78. The highest BCUT2D eigenvalue weighted by Gasteiger charge is 2.60. The van der Waals surface area contributed by atoms with Crippen LogP contribution in [0, 0.1) is 19.3 Å². The first-order chi connectivity index (χ1) is 12.4. The average molecular weight is 354 g/mol. The van der Waals surface area contributed by atoms with Crippen LogP contribution in [0.25, 0.3) is 0 Å². The largest absolute Gasteiger partial charge is 0.304 e. The zero-order valence-corrected chi connectivity index (χ0v) is 16.0. The fourth-order valence-electron chi connectivity index (χ4n) is 4.21. The zero-order chi connectivity index (χ0) is 18.7. The van der Waals surface area contributed by atoms with Crippen LogP contribution < -0.4 is 5.32 Å². The molecule has 1 aromatic rings. The molecule has 1 aliphatic carbocycles. The number of hydrogen-bond donors (Lipinski definition) is 1. The average Bonchev–Trinajstić information content (AvgIpc) is 3.17. The summed E-state index contributed by atoms with van der Waals surface area (Å²) in [5, 5.41) is 3.50. The molecule has 0 amide bonds. The van der Waals surface area contributed by atoms with E-state index in [9.17, 15) is 9.59 Å². The highest BCUT2D eigenvalue weighted by Crippen LogP contribution is 2.57. The van der Waals surface area contributed by atoms with Gasteiger partial charge in [-0.05, 0) is 63.0 Å². The molecule has 1 unspecified atom stereocenters. The maximum Gasteiger partial charge on any atom is 0.155 e. The van der Waals surface area contributed by atoms with E-state index in [0.717, 1.165) is 49.1 Å². The van der Waals surface area contributed by atoms with E-state index in [-0.39, 0.29) is 17.2 Å². The molecule has 3 atom stereocenters. The molecule has 4 heteroatoms. The Kier molecular flexibility index (Phi) is 5.71. The molecule has 0 aromatic carbocycles. The van der Waals surface area contributed by atoms with Crippen molar-refractivity contribution >= 4 is 11.6 Å². The van der Waals surface area contributed by atoms with E-state index in [1.807, 2.05) is 32.1 Å². The molecule has 1 N–H and O–H groups in total. The monoisotopic (exact) mass is 354 g/mol. The van der Waals surface area contributed by atoms with Crippen LogP contribution in [-0.2, 0) is 16.0 Å². The smallest absolute Gasteiger partial charge is 0.155 e. The first kappa shape index (κ1) is 19.0. The number of fused-ring (bicyclic) bond motifs is 1. The van der Waals surface area contributed by atoms with Gasteiger partial charge in [0.15, 0.2) is 5.78 Å². The molecule has 0 spiro atoms. The van der Waals surface area contributed by atoms with Crippen LogP contribution in [-0.4, -0.2) is 28.6 Å². The van der Waals surface area contributed by atoms with Crippen LogP contribution in [0.2, 0.25) is 0 Å². The number of Topliss-reactive ketones (excluding diaryl/α,β-unsaturated/α-hetero) is 2. The van der Waals surface area contributed by atoms with Crippen LogP contribution in [0.1, 0.15) is 61.9 Å². The molecule has 1 aliphatic heterocycles. The van der Waals surface area contributed by atoms with Crippen molar-refractivity contribution in [2.75, 3.05) is 0 Å². The predicted molar refractivity (Wildman–Crippen MR) is 103 cm³/mol. The van der Waals surface area contributed by atoms with Gasteiger partial charge in [-0.15, -0.1) is 6.58 Å². The number of nitrogens with zero attached hydrogens (tertiary/aromatic N) is 1. The standard InChI is InChI=1S/C22H30N2O2/c1-4-5-6-7-17(25)10-11-22-13-19(24-21(22)14-22)20(26)12-18-15(2)8-9-16(3)23-18/h4,8-9,19,21,24H,1,5-7,10-14H2,2-3H3/t19?,21-,22+/m1/s1. The molecule has 140 valence electrons. The van der Waals surface area contributed by atoms with E-state index < -0.39 is 0 Å². The van der Waals surface area contributed by atoms with Gasteiger partial charge in [-0.1, -0.05) is 12.1 Å². The zero-order valence-electron chi connectivity index (χ0n) is 16.0. The minimum atomic E-state index is -0.0775. The summed E-state index contributed by atoms with van der Waals surface area (Å²) in [5.74, 6) is 0.580. The van der Waals surface area contributed by atoms with Gasteiger partial charge in [0, 0.05) is 24.6 Å². The molecule has 1 saturated heterocycles. The van der Waals surface area contributed by atoms with Crippen LogP contribution in [0.15, 0.2) is 24.8 Å². The molecule has 2 heterocycles. The number of ketones is 2. The van der Waals surface area contributed by atoms with Gasteiger partial charge in [0.1, 0.15) is 5.78 Å². The highest BCUT2D eigenvalue weighted by atomic mass is 16.1. The second-order valence-electron chi connectivity index (χ2n) is 8.12. The van der Waals surface area contributed by atoms with E-state index >= 15 is 0 Å². The molecule has 3 rings (SSSR count). The van der Waals surface area contributed by atoms with E-state index in [1.54, 1.807) is 0 Å². The summed E-state index contributed by atoms with van der Waals surface area (Å²) in [6, 6.07) is 4.35. The molecule has 0 radical (unpaired) electrons. The Morgan fingerprint density at radius 2 is 2.12 bits per heavy atom. The van der Waals surface area contributed by atoms with Crippen molar-refractivity contribution in [2.45, 2.75) is 77.3 Å². The second-order valence-corrected chi connectivity index (χ2v) is 8.12. The molecule has 1 aromatic heterocycles. The molecule has 1 saturated carbocycles. The van der Waals surface area contributed by atoms with Crippen molar-refractivity contribution in [3.8, 4) is 0 Å². The van der Waals surface area contributed by atoms with Crippen LogP contribution >= 0.6 is 0 Å². The van der Waals surface area contributed by atoms with Gasteiger partial charge >= 0.3 is 0 Å². The van der Waals surface area contributed by atoms with Crippen molar-refractivity contribution in [1.82, 2.24) is 10.3 Å². The summed E-state index contributed by atoms with van der Waals surface area (Å²) in [6.07, 6.45) is 8.28. The van der Waals surface area contributed by atoms with Crippen LogP contribution in [0.5, 0.6) is 0 Å². The molecule has 26 heavy (non-hydrogen) atoms. The van der Waals surface area contributed by atoms with Crippen molar-refractivity contribution in [3.05, 3.63) is 41.7 Å². The van der Waals surface area contributed by atoms with Crippen LogP contribution in [0.4, 0.5) is 0 Å². The summed E-state index contributed by atoms with van der Waals surface area (Å²) in [6.45, 7) is 7.66. The second kappa shape index (κ2) is 7.83. The van der Waals surface area contributed by atoms with Crippen LogP contribution in [0.3, 0.4) is 0 Å². The fourth-order valence-corrected chi connectivity index (χ4v) is 4.21. The normalized spacial score (nSPS) is 26.4. The number of unbranched alkanes of at least 4 members (excludes halogenated alkanes) is 1. The Balaban J connectivity index is 1.49. The molecule has 2 fully saturated rings. The van der Waals surface area contributed by atoms with E-state index in [1.165, 1.54) is 0 Å². The van der Waals surface area contributed by atoms with Gasteiger partial charge in [-0.25, -0.2) is 0 Å². The lowest BCUT2D eigenvalue weighted by atomic mass is 9.90. The number of pyridine rings is 1. The number of hydrogen-bond acceptors (Lipinski definition) is 4. The fraction of sp³-hybridized carbons (Fsp3) is 0.591. The summed E-state index contributed by atoms with van der Waals surface area (Å²) >= 11 is 0. The highest BCUT2D eigenvalue weighted by molar-refractivity contribution is 5.87. The molecule has 0 bridgehead atoms. The van der Waals surface area contributed by atoms with E-state index in [2.05, 4.69) is 16.9 Å². The topological polar surface area (TPSA) is 59.1 Å². The number of aromatic nitrogens is 1. The third-order valence-corrected chi connectivity index (χ3v) is 6.04. The van der Waals surface area contributed by atoms with Gasteiger partial charge in [-0.2, -0.15) is 0 Å². The van der Waals surface area contributed by atoms with Crippen molar-refractivity contribution < 1.29 is 9.59 Å². The number of rotatable bonds is 10.